The molecule has 0 saturated carbocycles. The maximum absolute atomic E-state index is 5.97. The molecule has 0 bridgehead atoms. The average molecular weight is 248 g/mol. The summed E-state index contributed by atoms with van der Waals surface area (Å²) in [7, 11) is 1.66. The van der Waals surface area contributed by atoms with Crippen molar-refractivity contribution in [1.82, 2.24) is 4.98 Å². The highest BCUT2D eigenvalue weighted by Gasteiger charge is 2.14. The Balaban J connectivity index is 2.44. The molecule has 0 radical (unpaired) electrons. The normalized spacial score (nSPS) is 12.5. The Labute approximate surface area is 105 Å². The standard InChI is InChI=1S/C13H16N2OS/c1-8(14)13-12(15-9(2)17-13)10-4-6-11(16-3)7-5-10/h4-8H,14H2,1-3H3. The van der Waals surface area contributed by atoms with Crippen molar-refractivity contribution in [2.24, 2.45) is 5.73 Å². The minimum atomic E-state index is 0.0123. The number of ether oxygens (including phenoxy) is 1. The van der Waals surface area contributed by atoms with Gasteiger partial charge in [0.05, 0.1) is 17.8 Å². The third kappa shape index (κ3) is 2.48. The third-order valence-electron chi connectivity index (χ3n) is 2.54. The van der Waals surface area contributed by atoms with E-state index in [0.29, 0.717) is 0 Å². The van der Waals surface area contributed by atoms with E-state index in [9.17, 15) is 0 Å². The second-order valence-corrected chi connectivity index (χ2v) is 5.20. The summed E-state index contributed by atoms with van der Waals surface area (Å²) in [4.78, 5) is 5.69. The molecule has 2 aromatic rings. The van der Waals surface area contributed by atoms with Gasteiger partial charge in [0.15, 0.2) is 0 Å². The van der Waals surface area contributed by atoms with Gasteiger partial charge in [0.25, 0.3) is 0 Å². The van der Waals surface area contributed by atoms with E-state index < -0.39 is 0 Å². The highest BCUT2D eigenvalue weighted by Crippen LogP contribution is 2.32. The number of thiazole rings is 1. The number of aryl methyl sites for hydroxylation is 1. The molecule has 0 amide bonds. The molecule has 0 aliphatic heterocycles. The topological polar surface area (TPSA) is 48.1 Å². The van der Waals surface area contributed by atoms with Crippen molar-refractivity contribution in [3.8, 4) is 17.0 Å². The van der Waals surface area contributed by atoms with Crippen LogP contribution in [-0.2, 0) is 0 Å². The van der Waals surface area contributed by atoms with Crippen LogP contribution in [0.1, 0.15) is 22.9 Å². The predicted molar refractivity (Wildman–Crippen MR) is 71.4 cm³/mol. The van der Waals surface area contributed by atoms with E-state index in [0.717, 1.165) is 26.9 Å². The number of aromatic nitrogens is 1. The summed E-state index contributed by atoms with van der Waals surface area (Å²) in [5.41, 5.74) is 8.04. The lowest BCUT2D eigenvalue weighted by Crippen LogP contribution is -2.04. The molecule has 2 rings (SSSR count). The fourth-order valence-corrected chi connectivity index (χ4v) is 2.61. The van der Waals surface area contributed by atoms with E-state index in [1.54, 1.807) is 18.4 Å². The van der Waals surface area contributed by atoms with Gasteiger partial charge in [0.1, 0.15) is 5.75 Å². The quantitative estimate of drug-likeness (QED) is 0.907. The van der Waals surface area contributed by atoms with Crippen LogP contribution in [0.3, 0.4) is 0 Å². The first-order valence-corrected chi connectivity index (χ1v) is 6.31. The number of nitrogens with zero attached hydrogens (tertiary/aromatic N) is 1. The van der Waals surface area contributed by atoms with Gasteiger partial charge in [-0.05, 0) is 38.1 Å². The summed E-state index contributed by atoms with van der Waals surface area (Å²) in [6.07, 6.45) is 0. The summed E-state index contributed by atoms with van der Waals surface area (Å²) in [5, 5.41) is 1.04. The monoisotopic (exact) mass is 248 g/mol. The van der Waals surface area contributed by atoms with Crippen LogP contribution in [0.25, 0.3) is 11.3 Å². The first-order valence-electron chi connectivity index (χ1n) is 5.49. The molecule has 4 heteroatoms. The van der Waals surface area contributed by atoms with Crippen molar-refractivity contribution in [2.75, 3.05) is 7.11 Å². The van der Waals surface area contributed by atoms with Gasteiger partial charge in [-0.15, -0.1) is 11.3 Å². The maximum atomic E-state index is 5.97. The number of nitrogens with two attached hydrogens (primary N) is 1. The number of hydrogen-bond donors (Lipinski definition) is 1. The summed E-state index contributed by atoms with van der Waals surface area (Å²) >= 11 is 1.66. The Hall–Kier alpha value is -1.39. The molecule has 0 saturated heterocycles. The summed E-state index contributed by atoms with van der Waals surface area (Å²) in [5.74, 6) is 0.850. The molecular formula is C13H16N2OS. The molecule has 1 heterocycles. The van der Waals surface area contributed by atoms with Crippen LogP contribution < -0.4 is 10.5 Å². The first-order chi connectivity index (χ1) is 8.11. The Morgan fingerprint density at radius 2 is 1.94 bits per heavy atom. The molecule has 3 nitrogen and oxygen atoms in total. The number of benzene rings is 1. The van der Waals surface area contributed by atoms with Gasteiger partial charge < -0.3 is 10.5 Å². The zero-order valence-electron chi connectivity index (χ0n) is 10.2. The second-order valence-electron chi connectivity index (χ2n) is 3.96. The van der Waals surface area contributed by atoms with Crippen molar-refractivity contribution in [3.05, 3.63) is 34.2 Å². The van der Waals surface area contributed by atoms with E-state index in [-0.39, 0.29) is 6.04 Å². The van der Waals surface area contributed by atoms with E-state index in [4.69, 9.17) is 10.5 Å². The molecule has 0 aliphatic carbocycles. The van der Waals surface area contributed by atoms with Crippen molar-refractivity contribution in [1.29, 1.82) is 0 Å². The van der Waals surface area contributed by atoms with Crippen LogP contribution in [0.4, 0.5) is 0 Å². The lowest BCUT2D eigenvalue weighted by molar-refractivity contribution is 0.415. The zero-order chi connectivity index (χ0) is 12.4. The van der Waals surface area contributed by atoms with Crippen LogP contribution in [0.2, 0.25) is 0 Å². The average Bonchev–Trinajstić information content (AvgIpc) is 2.72. The lowest BCUT2D eigenvalue weighted by atomic mass is 10.1. The Morgan fingerprint density at radius 1 is 1.29 bits per heavy atom. The van der Waals surface area contributed by atoms with Crippen LogP contribution in [0, 0.1) is 6.92 Å². The van der Waals surface area contributed by atoms with Gasteiger partial charge in [-0.3, -0.25) is 0 Å². The van der Waals surface area contributed by atoms with Crippen LogP contribution in [0.15, 0.2) is 24.3 Å². The van der Waals surface area contributed by atoms with Gasteiger partial charge in [-0.25, -0.2) is 4.98 Å². The van der Waals surface area contributed by atoms with E-state index >= 15 is 0 Å². The SMILES string of the molecule is COc1ccc(-c2nc(C)sc2C(C)N)cc1. The molecular weight excluding hydrogens is 232 g/mol. The summed E-state index contributed by atoms with van der Waals surface area (Å²) in [6, 6.07) is 7.92. The maximum Gasteiger partial charge on any atom is 0.118 e. The van der Waals surface area contributed by atoms with Gasteiger partial charge in [-0.2, -0.15) is 0 Å². The zero-order valence-corrected chi connectivity index (χ0v) is 11.0. The fraction of sp³-hybridized carbons (Fsp3) is 0.308. The molecule has 17 heavy (non-hydrogen) atoms. The van der Waals surface area contributed by atoms with Crippen molar-refractivity contribution in [2.45, 2.75) is 19.9 Å². The minimum absolute atomic E-state index is 0.0123. The molecule has 1 atom stereocenters. The van der Waals surface area contributed by atoms with Crippen LogP contribution in [-0.4, -0.2) is 12.1 Å². The smallest absolute Gasteiger partial charge is 0.118 e. The molecule has 0 fully saturated rings. The van der Waals surface area contributed by atoms with Gasteiger partial charge in [0.2, 0.25) is 0 Å². The van der Waals surface area contributed by atoms with E-state index in [1.807, 2.05) is 38.1 Å². The number of rotatable bonds is 3. The Kier molecular flexibility index (Phi) is 3.45. The number of hydrogen-bond acceptors (Lipinski definition) is 4. The highest BCUT2D eigenvalue weighted by atomic mass is 32.1. The summed E-state index contributed by atoms with van der Waals surface area (Å²) < 4.78 is 5.15. The molecule has 1 unspecified atom stereocenters. The Morgan fingerprint density at radius 3 is 2.47 bits per heavy atom. The molecule has 90 valence electrons. The molecule has 1 aromatic carbocycles. The molecule has 2 N–H and O–H groups in total. The third-order valence-corrected chi connectivity index (χ3v) is 3.71. The predicted octanol–water partition coefficient (Wildman–Crippen LogP) is 3.15. The minimum Gasteiger partial charge on any atom is -0.497 e. The van der Waals surface area contributed by atoms with E-state index in [2.05, 4.69) is 4.98 Å². The van der Waals surface area contributed by atoms with Gasteiger partial charge in [-0.1, -0.05) is 0 Å². The van der Waals surface area contributed by atoms with Gasteiger partial charge in [0, 0.05) is 16.5 Å². The Bertz CT molecular complexity index is 503. The van der Waals surface area contributed by atoms with Crippen molar-refractivity contribution >= 4 is 11.3 Å². The summed E-state index contributed by atoms with van der Waals surface area (Å²) in [6.45, 7) is 3.99. The second kappa shape index (κ2) is 4.85. The molecule has 0 spiro atoms. The molecule has 1 aromatic heterocycles. The van der Waals surface area contributed by atoms with Crippen molar-refractivity contribution < 1.29 is 4.74 Å². The first kappa shape index (κ1) is 12.1. The van der Waals surface area contributed by atoms with Gasteiger partial charge >= 0.3 is 0 Å². The van der Waals surface area contributed by atoms with E-state index in [1.165, 1.54) is 0 Å². The fourth-order valence-electron chi connectivity index (χ4n) is 1.71. The number of methoxy groups -OCH3 is 1. The van der Waals surface area contributed by atoms with Crippen LogP contribution >= 0.6 is 11.3 Å². The molecule has 0 aliphatic rings. The largest absolute Gasteiger partial charge is 0.497 e. The highest BCUT2D eigenvalue weighted by molar-refractivity contribution is 7.12. The van der Waals surface area contributed by atoms with Crippen molar-refractivity contribution in [3.63, 3.8) is 0 Å². The van der Waals surface area contributed by atoms with Crippen LogP contribution in [0.5, 0.6) is 5.75 Å². The lowest BCUT2D eigenvalue weighted by Gasteiger charge is -2.06.